The summed E-state index contributed by atoms with van der Waals surface area (Å²) in [7, 11) is -3.52. The number of amides is 1. The lowest BCUT2D eigenvalue weighted by Gasteiger charge is -2.35. The molecule has 4 rings (SSSR count). The summed E-state index contributed by atoms with van der Waals surface area (Å²) in [6.45, 7) is 3.38. The van der Waals surface area contributed by atoms with E-state index in [4.69, 9.17) is 4.74 Å². The number of hydrogen-bond acceptors (Lipinski definition) is 5. The number of hydrogen-bond donors (Lipinski definition) is 1. The number of rotatable bonds is 5. The molecule has 3 saturated heterocycles. The Kier molecular flexibility index (Phi) is 6.00. The molecule has 0 radical (unpaired) electrons. The third-order valence-corrected chi connectivity index (χ3v) is 7.95. The van der Waals surface area contributed by atoms with Crippen LogP contribution in [0.5, 0.6) is 0 Å². The van der Waals surface area contributed by atoms with E-state index >= 15 is 0 Å². The Labute approximate surface area is 166 Å². The third kappa shape index (κ3) is 4.24. The van der Waals surface area contributed by atoms with Crippen LogP contribution in [0.25, 0.3) is 0 Å². The zero-order valence-electron chi connectivity index (χ0n) is 16.1. The second-order valence-electron chi connectivity index (χ2n) is 8.00. The molecular weight excluding hydrogens is 382 g/mol. The minimum Gasteiger partial charge on any atom is -0.379 e. The topological polar surface area (TPSA) is 98.8 Å². The van der Waals surface area contributed by atoms with Crippen molar-refractivity contribution >= 4 is 16.1 Å². The number of aromatic nitrogens is 2. The van der Waals surface area contributed by atoms with Gasteiger partial charge in [-0.1, -0.05) is 6.42 Å². The van der Waals surface area contributed by atoms with Crippen LogP contribution in [0.4, 0.5) is 0 Å². The molecule has 4 heterocycles. The number of carbonyl (C=O) groups is 1. The Bertz CT molecular complexity index is 763. The maximum Gasteiger partial charge on any atom is 0.282 e. The van der Waals surface area contributed by atoms with Crippen LogP contribution in [0.1, 0.15) is 31.2 Å². The minimum absolute atomic E-state index is 0.00457. The lowest BCUT2D eigenvalue weighted by molar-refractivity contribution is -0.133. The molecule has 156 valence electrons. The number of aryl methyl sites for hydroxylation is 1. The largest absolute Gasteiger partial charge is 0.379 e. The van der Waals surface area contributed by atoms with E-state index in [0.29, 0.717) is 58.8 Å². The van der Waals surface area contributed by atoms with Gasteiger partial charge in [-0.05, 0) is 24.8 Å². The van der Waals surface area contributed by atoms with E-state index in [1.165, 1.54) is 0 Å². The van der Waals surface area contributed by atoms with Crippen molar-refractivity contribution in [2.45, 2.75) is 38.1 Å². The number of fused-ring (bicyclic) bond motifs is 3. The predicted molar refractivity (Wildman–Crippen MR) is 103 cm³/mol. The molecule has 1 amide bonds. The lowest BCUT2D eigenvalue weighted by Crippen LogP contribution is -2.53. The van der Waals surface area contributed by atoms with Crippen molar-refractivity contribution in [2.75, 3.05) is 45.9 Å². The van der Waals surface area contributed by atoms with Crippen LogP contribution in [-0.4, -0.2) is 90.0 Å². The van der Waals surface area contributed by atoms with Gasteiger partial charge < -0.3 is 9.64 Å². The normalized spacial score (nSPS) is 27.5. The minimum atomic E-state index is -3.52. The van der Waals surface area contributed by atoms with Gasteiger partial charge >= 0.3 is 0 Å². The SMILES string of the molecule is O=C(CCc1cn[nH]c1)N1C[C@@H]2COC[C@H](C1)N(S(=O)(=O)N1CCCCC1)C2. The molecule has 10 heteroatoms. The Morgan fingerprint density at radius 3 is 2.75 bits per heavy atom. The highest BCUT2D eigenvalue weighted by molar-refractivity contribution is 7.86. The van der Waals surface area contributed by atoms with Gasteiger partial charge in [0.25, 0.3) is 10.2 Å². The van der Waals surface area contributed by atoms with Gasteiger partial charge in [-0.25, -0.2) is 0 Å². The summed E-state index contributed by atoms with van der Waals surface area (Å²) in [5, 5.41) is 6.67. The third-order valence-electron chi connectivity index (χ3n) is 5.89. The van der Waals surface area contributed by atoms with E-state index in [2.05, 4.69) is 10.2 Å². The molecule has 0 aliphatic carbocycles. The number of carbonyl (C=O) groups excluding carboxylic acids is 1. The number of nitrogens with one attached hydrogen (secondary N) is 1. The molecular formula is C18H29N5O4S. The van der Waals surface area contributed by atoms with Crippen LogP contribution in [-0.2, 0) is 26.2 Å². The fraction of sp³-hybridized carbons (Fsp3) is 0.778. The average molecular weight is 412 g/mol. The summed E-state index contributed by atoms with van der Waals surface area (Å²) in [6.07, 6.45) is 7.47. The van der Waals surface area contributed by atoms with Gasteiger partial charge in [-0.15, -0.1) is 0 Å². The first-order valence-corrected chi connectivity index (χ1v) is 11.5. The fourth-order valence-corrected chi connectivity index (χ4v) is 6.28. The smallest absolute Gasteiger partial charge is 0.282 e. The van der Waals surface area contributed by atoms with Crippen LogP contribution in [0.2, 0.25) is 0 Å². The molecule has 2 bridgehead atoms. The summed E-state index contributed by atoms with van der Waals surface area (Å²) in [5.74, 6) is 0.0697. The fourth-order valence-electron chi connectivity index (χ4n) is 4.36. The maximum atomic E-state index is 13.3. The summed E-state index contributed by atoms with van der Waals surface area (Å²) < 4.78 is 35.5. The lowest BCUT2D eigenvalue weighted by atomic mass is 10.1. The Hall–Kier alpha value is -1.49. The van der Waals surface area contributed by atoms with E-state index in [9.17, 15) is 13.2 Å². The average Bonchev–Trinajstić information content (AvgIpc) is 3.03. The molecule has 1 aromatic heterocycles. The molecule has 0 spiro atoms. The van der Waals surface area contributed by atoms with Gasteiger partial charge in [0.15, 0.2) is 0 Å². The molecule has 28 heavy (non-hydrogen) atoms. The van der Waals surface area contributed by atoms with Crippen molar-refractivity contribution < 1.29 is 17.9 Å². The van der Waals surface area contributed by atoms with Crippen molar-refractivity contribution in [3.63, 3.8) is 0 Å². The summed E-state index contributed by atoms with van der Waals surface area (Å²) in [4.78, 5) is 14.6. The molecule has 0 saturated carbocycles. The van der Waals surface area contributed by atoms with Crippen LogP contribution in [0, 0.1) is 5.92 Å². The quantitative estimate of drug-likeness (QED) is 0.748. The summed E-state index contributed by atoms with van der Waals surface area (Å²) in [5.41, 5.74) is 1.00. The first-order valence-electron chi connectivity index (χ1n) is 10.1. The van der Waals surface area contributed by atoms with Crippen LogP contribution in [0.15, 0.2) is 12.4 Å². The van der Waals surface area contributed by atoms with Crippen LogP contribution in [0.3, 0.4) is 0 Å². The number of piperidine rings is 1. The van der Waals surface area contributed by atoms with Gasteiger partial charge in [0.2, 0.25) is 5.91 Å². The Morgan fingerprint density at radius 1 is 1.18 bits per heavy atom. The standard InChI is InChI=1S/C18H29N5O4S/c24-18(5-4-15-8-19-20-9-15)21-10-16-11-23(17(12-21)14-27-13-16)28(25,26)22-6-2-1-3-7-22/h8-9,16-17H,1-7,10-14H2,(H,19,20)/t16-,17-/m0/s1. The zero-order chi connectivity index (χ0) is 19.6. The Balaban J connectivity index is 1.46. The predicted octanol–water partition coefficient (Wildman–Crippen LogP) is 0.232. The van der Waals surface area contributed by atoms with E-state index in [0.717, 1.165) is 24.8 Å². The van der Waals surface area contributed by atoms with E-state index < -0.39 is 10.2 Å². The molecule has 1 aromatic rings. The summed E-state index contributed by atoms with van der Waals surface area (Å²) >= 11 is 0. The van der Waals surface area contributed by atoms with E-state index in [-0.39, 0.29) is 17.9 Å². The molecule has 3 aliphatic rings. The number of nitrogens with zero attached hydrogens (tertiary/aromatic N) is 4. The van der Waals surface area contributed by atoms with Crippen molar-refractivity contribution in [2.24, 2.45) is 5.92 Å². The number of aromatic amines is 1. The van der Waals surface area contributed by atoms with E-state index in [1.807, 2.05) is 4.90 Å². The second-order valence-corrected chi connectivity index (χ2v) is 9.88. The molecule has 3 fully saturated rings. The van der Waals surface area contributed by atoms with Crippen molar-refractivity contribution in [1.82, 2.24) is 23.7 Å². The second kappa shape index (κ2) is 8.48. The van der Waals surface area contributed by atoms with Crippen LogP contribution >= 0.6 is 0 Å². The van der Waals surface area contributed by atoms with Gasteiger partial charge in [-0.3, -0.25) is 9.89 Å². The van der Waals surface area contributed by atoms with Gasteiger partial charge in [-0.2, -0.15) is 22.1 Å². The number of ether oxygens (including phenoxy) is 1. The summed E-state index contributed by atoms with van der Waals surface area (Å²) in [6, 6.07) is -0.322. The van der Waals surface area contributed by atoms with Crippen molar-refractivity contribution in [3.05, 3.63) is 18.0 Å². The zero-order valence-corrected chi connectivity index (χ0v) is 16.9. The van der Waals surface area contributed by atoms with Gasteiger partial charge in [0.1, 0.15) is 0 Å². The molecule has 1 N–H and O–H groups in total. The van der Waals surface area contributed by atoms with Crippen LogP contribution < -0.4 is 0 Å². The molecule has 2 atom stereocenters. The Morgan fingerprint density at radius 2 is 2.00 bits per heavy atom. The molecule has 0 aromatic carbocycles. The molecule has 9 nitrogen and oxygen atoms in total. The molecule has 3 aliphatic heterocycles. The highest BCUT2D eigenvalue weighted by Crippen LogP contribution is 2.26. The first-order chi connectivity index (χ1) is 13.5. The highest BCUT2D eigenvalue weighted by Gasteiger charge is 2.42. The van der Waals surface area contributed by atoms with Gasteiger partial charge in [0, 0.05) is 51.3 Å². The highest BCUT2D eigenvalue weighted by atomic mass is 32.2. The molecule has 0 unspecified atom stereocenters. The number of H-pyrrole nitrogens is 1. The maximum absolute atomic E-state index is 13.3. The van der Waals surface area contributed by atoms with Gasteiger partial charge in [0.05, 0.1) is 25.5 Å². The van der Waals surface area contributed by atoms with Crippen molar-refractivity contribution in [3.8, 4) is 0 Å². The monoisotopic (exact) mass is 411 g/mol. The van der Waals surface area contributed by atoms with Crippen molar-refractivity contribution in [1.29, 1.82) is 0 Å². The first kappa shape index (κ1) is 19.8. The van der Waals surface area contributed by atoms with E-state index in [1.54, 1.807) is 21.0 Å².